The maximum atomic E-state index is 5.86. The highest BCUT2D eigenvalue weighted by atomic mass is 35.5. The van der Waals surface area contributed by atoms with Crippen LogP contribution in [0.25, 0.3) is 0 Å². The third-order valence-corrected chi connectivity index (χ3v) is 3.71. The van der Waals surface area contributed by atoms with E-state index in [2.05, 4.69) is 11.9 Å². The van der Waals surface area contributed by atoms with Gasteiger partial charge in [0.05, 0.1) is 5.54 Å². The summed E-state index contributed by atoms with van der Waals surface area (Å²) in [5, 5.41) is 1.43. The van der Waals surface area contributed by atoms with E-state index in [-0.39, 0.29) is 5.54 Å². The van der Waals surface area contributed by atoms with Crippen molar-refractivity contribution in [3.05, 3.63) is 34.9 Å². The Hall–Kier alpha value is -0.670. The Morgan fingerprint density at radius 2 is 2.07 bits per heavy atom. The molecule has 1 atom stereocenters. The van der Waals surface area contributed by atoms with Crippen LogP contribution in [0.1, 0.15) is 18.9 Å². The van der Waals surface area contributed by atoms with Gasteiger partial charge in [0.1, 0.15) is 0 Å². The first-order chi connectivity index (χ1) is 7.10. The van der Waals surface area contributed by atoms with Crippen molar-refractivity contribution in [2.75, 3.05) is 5.75 Å². The molecule has 1 heterocycles. The van der Waals surface area contributed by atoms with Gasteiger partial charge in [-0.15, -0.1) is 0 Å². The van der Waals surface area contributed by atoms with E-state index in [0.717, 1.165) is 17.2 Å². The number of thioether (sulfide) groups is 1. The minimum Gasteiger partial charge on any atom is -0.379 e. The van der Waals surface area contributed by atoms with Gasteiger partial charge in [-0.3, -0.25) is 4.99 Å². The number of halogens is 1. The highest BCUT2D eigenvalue weighted by Crippen LogP contribution is 2.35. The molecule has 0 amide bonds. The molecule has 0 spiro atoms. The molecule has 0 fully saturated rings. The Bertz CT molecular complexity index is 388. The third-order valence-electron chi connectivity index (χ3n) is 2.66. The van der Waals surface area contributed by atoms with E-state index in [1.165, 1.54) is 5.56 Å². The number of nitrogens with two attached hydrogens (primary N) is 1. The summed E-state index contributed by atoms with van der Waals surface area (Å²) in [6.45, 7) is 2.11. The number of hydrogen-bond acceptors (Lipinski definition) is 3. The van der Waals surface area contributed by atoms with Gasteiger partial charge in [0.15, 0.2) is 5.17 Å². The van der Waals surface area contributed by atoms with E-state index in [4.69, 9.17) is 17.3 Å². The fraction of sp³-hybridized carbons (Fsp3) is 0.364. The molecular formula is C11H13ClN2S. The zero-order valence-electron chi connectivity index (χ0n) is 8.53. The van der Waals surface area contributed by atoms with Crippen LogP contribution in [0.15, 0.2) is 29.3 Å². The van der Waals surface area contributed by atoms with Crippen molar-refractivity contribution in [1.82, 2.24) is 0 Å². The predicted octanol–water partition coefficient (Wildman–Crippen LogP) is 3.01. The average molecular weight is 241 g/mol. The van der Waals surface area contributed by atoms with E-state index in [1.54, 1.807) is 11.8 Å². The van der Waals surface area contributed by atoms with E-state index >= 15 is 0 Å². The Morgan fingerprint density at radius 3 is 2.67 bits per heavy atom. The van der Waals surface area contributed by atoms with E-state index < -0.39 is 0 Å². The Balaban J connectivity index is 2.36. The lowest BCUT2D eigenvalue weighted by atomic mass is 9.90. The molecule has 15 heavy (non-hydrogen) atoms. The molecule has 1 aromatic rings. The topological polar surface area (TPSA) is 38.4 Å². The molecule has 0 saturated heterocycles. The fourth-order valence-corrected chi connectivity index (χ4v) is 2.80. The number of nitrogens with zero attached hydrogens (tertiary/aromatic N) is 1. The van der Waals surface area contributed by atoms with Gasteiger partial charge in [-0.1, -0.05) is 35.5 Å². The molecule has 2 nitrogen and oxygen atoms in total. The highest BCUT2D eigenvalue weighted by molar-refractivity contribution is 8.13. The molecule has 4 heteroatoms. The normalized spacial score (nSPS) is 26.1. The molecule has 2 N–H and O–H groups in total. The number of aliphatic imine (C=N–C) groups is 1. The molecule has 0 aliphatic carbocycles. The van der Waals surface area contributed by atoms with Crippen molar-refractivity contribution >= 4 is 28.5 Å². The van der Waals surface area contributed by atoms with Crippen molar-refractivity contribution < 1.29 is 0 Å². The minimum atomic E-state index is -0.181. The molecule has 0 radical (unpaired) electrons. The minimum absolute atomic E-state index is 0.181. The molecule has 0 saturated carbocycles. The summed E-state index contributed by atoms with van der Waals surface area (Å²) in [4.78, 5) is 4.53. The van der Waals surface area contributed by atoms with Gasteiger partial charge in [0.25, 0.3) is 0 Å². The monoisotopic (exact) mass is 240 g/mol. The first-order valence-electron chi connectivity index (χ1n) is 4.84. The first kappa shape index (κ1) is 10.8. The van der Waals surface area contributed by atoms with Crippen molar-refractivity contribution in [2.45, 2.75) is 18.9 Å². The van der Waals surface area contributed by atoms with Crippen LogP contribution in [0.4, 0.5) is 0 Å². The van der Waals surface area contributed by atoms with Crippen LogP contribution in [-0.4, -0.2) is 10.9 Å². The zero-order chi connectivity index (χ0) is 10.9. The molecule has 1 unspecified atom stereocenters. The third kappa shape index (κ3) is 2.29. The van der Waals surface area contributed by atoms with Crippen LogP contribution in [0.2, 0.25) is 5.02 Å². The van der Waals surface area contributed by atoms with Gasteiger partial charge < -0.3 is 5.73 Å². The number of amidine groups is 1. The Labute approximate surface area is 98.9 Å². The van der Waals surface area contributed by atoms with Gasteiger partial charge in [0, 0.05) is 10.8 Å². The second-order valence-electron chi connectivity index (χ2n) is 3.83. The zero-order valence-corrected chi connectivity index (χ0v) is 10.1. The van der Waals surface area contributed by atoms with Crippen LogP contribution >= 0.6 is 23.4 Å². The van der Waals surface area contributed by atoms with Crippen LogP contribution in [0, 0.1) is 0 Å². The van der Waals surface area contributed by atoms with Gasteiger partial charge in [0.2, 0.25) is 0 Å². The molecule has 1 aliphatic rings. The second kappa shape index (κ2) is 4.06. The van der Waals surface area contributed by atoms with Crippen LogP contribution < -0.4 is 5.73 Å². The summed E-state index contributed by atoms with van der Waals surface area (Å²) < 4.78 is 0. The van der Waals surface area contributed by atoms with Crippen molar-refractivity contribution in [3.8, 4) is 0 Å². The van der Waals surface area contributed by atoms with Crippen molar-refractivity contribution in [1.29, 1.82) is 0 Å². The molecule has 80 valence electrons. The molecular weight excluding hydrogens is 228 g/mol. The van der Waals surface area contributed by atoms with E-state index in [0.29, 0.717) is 5.17 Å². The summed E-state index contributed by atoms with van der Waals surface area (Å²) >= 11 is 7.48. The highest BCUT2D eigenvalue weighted by Gasteiger charge is 2.28. The Morgan fingerprint density at radius 1 is 1.40 bits per heavy atom. The smallest absolute Gasteiger partial charge is 0.154 e. The molecule has 1 aromatic carbocycles. The molecule has 2 rings (SSSR count). The standard InChI is InChI=1S/C11H13ClN2S/c1-11(6-7-15-10(13)14-11)8-2-4-9(12)5-3-8/h2-5H,6-7H2,1H3,(H2,13,14). The second-order valence-corrected chi connectivity index (χ2v) is 5.38. The lowest BCUT2D eigenvalue weighted by molar-refractivity contribution is 0.482. The van der Waals surface area contributed by atoms with Gasteiger partial charge in [-0.2, -0.15) is 0 Å². The van der Waals surface area contributed by atoms with E-state index in [1.807, 2.05) is 24.3 Å². The molecule has 0 bridgehead atoms. The lowest BCUT2D eigenvalue weighted by Gasteiger charge is -2.29. The summed E-state index contributed by atoms with van der Waals surface area (Å²) in [7, 11) is 0. The number of benzene rings is 1. The Kier molecular flexibility index (Phi) is 2.94. The maximum absolute atomic E-state index is 5.86. The lowest BCUT2D eigenvalue weighted by Crippen LogP contribution is -2.28. The maximum Gasteiger partial charge on any atom is 0.154 e. The van der Waals surface area contributed by atoms with Crippen molar-refractivity contribution in [2.24, 2.45) is 10.7 Å². The van der Waals surface area contributed by atoms with Crippen LogP contribution in [0.5, 0.6) is 0 Å². The largest absolute Gasteiger partial charge is 0.379 e. The quantitative estimate of drug-likeness (QED) is 0.820. The predicted molar refractivity (Wildman–Crippen MR) is 67.5 cm³/mol. The molecule has 1 aliphatic heterocycles. The van der Waals surface area contributed by atoms with Crippen molar-refractivity contribution in [3.63, 3.8) is 0 Å². The summed E-state index contributed by atoms with van der Waals surface area (Å²) in [5.41, 5.74) is 6.76. The first-order valence-corrected chi connectivity index (χ1v) is 6.21. The summed E-state index contributed by atoms with van der Waals surface area (Å²) in [6.07, 6.45) is 1.01. The fourth-order valence-electron chi connectivity index (χ4n) is 1.70. The summed E-state index contributed by atoms with van der Waals surface area (Å²) in [6, 6.07) is 7.84. The number of hydrogen-bond donors (Lipinski definition) is 1. The van der Waals surface area contributed by atoms with Gasteiger partial charge in [-0.25, -0.2) is 0 Å². The van der Waals surface area contributed by atoms with Crippen LogP contribution in [-0.2, 0) is 5.54 Å². The SMILES string of the molecule is CC1(c2ccc(Cl)cc2)CCSC(N)=N1. The van der Waals surface area contributed by atoms with Gasteiger partial charge >= 0.3 is 0 Å². The van der Waals surface area contributed by atoms with Crippen LogP contribution in [0.3, 0.4) is 0 Å². The number of rotatable bonds is 1. The summed E-state index contributed by atoms with van der Waals surface area (Å²) in [5.74, 6) is 1.02. The average Bonchev–Trinajstić information content (AvgIpc) is 2.18. The van der Waals surface area contributed by atoms with Gasteiger partial charge in [-0.05, 0) is 31.0 Å². The van der Waals surface area contributed by atoms with E-state index in [9.17, 15) is 0 Å². The molecule has 0 aromatic heterocycles.